The molecule has 3 heteroatoms. The van der Waals surface area contributed by atoms with E-state index in [0.29, 0.717) is 6.54 Å². The molecule has 2 rings (SSSR count). The van der Waals surface area contributed by atoms with E-state index in [4.69, 9.17) is 4.74 Å². The van der Waals surface area contributed by atoms with Crippen LogP contribution < -0.4 is 10.1 Å². The SMILES string of the molecule is Cc1ccc(C)c(O[C@@H](C)C(=O)NCc2ccccc2C)c1. The molecule has 116 valence electrons. The summed E-state index contributed by atoms with van der Waals surface area (Å²) in [7, 11) is 0. The van der Waals surface area contributed by atoms with E-state index in [1.165, 1.54) is 5.56 Å². The van der Waals surface area contributed by atoms with E-state index in [-0.39, 0.29) is 5.91 Å². The molecule has 0 aliphatic heterocycles. The van der Waals surface area contributed by atoms with Gasteiger partial charge in [-0.15, -0.1) is 0 Å². The summed E-state index contributed by atoms with van der Waals surface area (Å²) in [4.78, 5) is 12.2. The molecule has 22 heavy (non-hydrogen) atoms. The zero-order chi connectivity index (χ0) is 16.1. The standard InChI is InChI=1S/C19H23NO2/c1-13-9-10-15(3)18(11-13)22-16(4)19(21)20-12-17-8-6-5-7-14(17)2/h5-11,16H,12H2,1-4H3,(H,20,21)/t16-/m0/s1. The van der Waals surface area contributed by atoms with Gasteiger partial charge in [-0.25, -0.2) is 0 Å². The maximum absolute atomic E-state index is 12.2. The summed E-state index contributed by atoms with van der Waals surface area (Å²) in [5.41, 5.74) is 4.44. The Hall–Kier alpha value is -2.29. The Balaban J connectivity index is 1.95. The zero-order valence-corrected chi connectivity index (χ0v) is 13.6. The number of benzene rings is 2. The zero-order valence-electron chi connectivity index (χ0n) is 13.6. The lowest BCUT2D eigenvalue weighted by Crippen LogP contribution is -2.36. The molecule has 0 aliphatic carbocycles. The largest absolute Gasteiger partial charge is 0.481 e. The van der Waals surface area contributed by atoms with E-state index in [0.717, 1.165) is 22.4 Å². The first kappa shape index (κ1) is 16.1. The van der Waals surface area contributed by atoms with Crippen LogP contribution >= 0.6 is 0 Å². The second-order valence-electron chi connectivity index (χ2n) is 5.67. The predicted octanol–water partition coefficient (Wildman–Crippen LogP) is 3.70. The Morgan fingerprint density at radius 3 is 2.55 bits per heavy atom. The number of nitrogens with one attached hydrogen (secondary N) is 1. The number of aryl methyl sites for hydroxylation is 3. The summed E-state index contributed by atoms with van der Waals surface area (Å²) in [6, 6.07) is 14.0. The fraction of sp³-hybridized carbons (Fsp3) is 0.316. The maximum Gasteiger partial charge on any atom is 0.261 e. The molecule has 0 spiro atoms. The first-order valence-corrected chi connectivity index (χ1v) is 7.53. The minimum Gasteiger partial charge on any atom is -0.481 e. The van der Waals surface area contributed by atoms with Crippen molar-refractivity contribution in [3.05, 3.63) is 64.7 Å². The van der Waals surface area contributed by atoms with Crippen LogP contribution in [0.25, 0.3) is 0 Å². The van der Waals surface area contributed by atoms with Gasteiger partial charge in [0.25, 0.3) is 5.91 Å². The molecule has 1 amide bonds. The van der Waals surface area contributed by atoms with Crippen molar-refractivity contribution in [2.75, 3.05) is 0 Å². The molecule has 2 aromatic rings. The van der Waals surface area contributed by atoms with Gasteiger partial charge in [0.15, 0.2) is 6.10 Å². The Labute approximate surface area is 132 Å². The molecule has 0 bridgehead atoms. The molecule has 0 radical (unpaired) electrons. The van der Waals surface area contributed by atoms with Crippen molar-refractivity contribution in [3.8, 4) is 5.75 Å². The van der Waals surface area contributed by atoms with E-state index < -0.39 is 6.10 Å². The molecule has 1 N–H and O–H groups in total. The first-order chi connectivity index (χ1) is 10.5. The highest BCUT2D eigenvalue weighted by Crippen LogP contribution is 2.20. The Morgan fingerprint density at radius 2 is 1.82 bits per heavy atom. The van der Waals surface area contributed by atoms with Gasteiger partial charge in [0.1, 0.15) is 5.75 Å². The van der Waals surface area contributed by atoms with Crippen molar-refractivity contribution >= 4 is 5.91 Å². The van der Waals surface area contributed by atoms with Crippen LogP contribution in [0.5, 0.6) is 5.75 Å². The smallest absolute Gasteiger partial charge is 0.261 e. The number of carbonyl (C=O) groups excluding carboxylic acids is 1. The molecule has 0 saturated heterocycles. The normalized spacial score (nSPS) is 11.8. The van der Waals surface area contributed by atoms with Crippen molar-refractivity contribution in [2.24, 2.45) is 0 Å². The monoisotopic (exact) mass is 297 g/mol. The lowest BCUT2D eigenvalue weighted by Gasteiger charge is -2.17. The summed E-state index contributed by atoms with van der Waals surface area (Å²) in [6.45, 7) is 8.32. The van der Waals surface area contributed by atoms with Crippen molar-refractivity contribution in [1.82, 2.24) is 5.32 Å². The number of hydrogen-bond donors (Lipinski definition) is 1. The fourth-order valence-corrected chi connectivity index (χ4v) is 2.21. The topological polar surface area (TPSA) is 38.3 Å². The van der Waals surface area contributed by atoms with Crippen LogP contribution in [-0.2, 0) is 11.3 Å². The van der Waals surface area contributed by atoms with Gasteiger partial charge in [-0.05, 0) is 56.0 Å². The molecule has 0 saturated carbocycles. The van der Waals surface area contributed by atoms with Gasteiger partial charge in [-0.1, -0.05) is 36.4 Å². The quantitative estimate of drug-likeness (QED) is 0.914. The Kier molecular flexibility index (Phi) is 5.21. The molecular weight excluding hydrogens is 274 g/mol. The summed E-state index contributed by atoms with van der Waals surface area (Å²) in [5, 5.41) is 2.93. The second-order valence-corrected chi connectivity index (χ2v) is 5.67. The highest BCUT2D eigenvalue weighted by molar-refractivity contribution is 5.80. The van der Waals surface area contributed by atoms with Crippen molar-refractivity contribution < 1.29 is 9.53 Å². The highest BCUT2D eigenvalue weighted by atomic mass is 16.5. The van der Waals surface area contributed by atoms with Gasteiger partial charge in [-0.3, -0.25) is 4.79 Å². The van der Waals surface area contributed by atoms with Crippen molar-refractivity contribution in [1.29, 1.82) is 0 Å². The lowest BCUT2D eigenvalue weighted by molar-refractivity contribution is -0.127. The van der Waals surface area contributed by atoms with Crippen molar-refractivity contribution in [2.45, 2.75) is 40.3 Å². The van der Waals surface area contributed by atoms with Crippen LogP contribution in [-0.4, -0.2) is 12.0 Å². The summed E-state index contributed by atoms with van der Waals surface area (Å²) >= 11 is 0. The second kappa shape index (κ2) is 7.12. The van der Waals surface area contributed by atoms with Gasteiger partial charge in [-0.2, -0.15) is 0 Å². The third-order valence-electron chi connectivity index (χ3n) is 3.73. The predicted molar refractivity (Wildman–Crippen MR) is 89.0 cm³/mol. The van der Waals surface area contributed by atoms with Crippen LogP contribution in [0.3, 0.4) is 0 Å². The number of ether oxygens (including phenoxy) is 1. The Morgan fingerprint density at radius 1 is 1.09 bits per heavy atom. The lowest BCUT2D eigenvalue weighted by atomic mass is 10.1. The van der Waals surface area contributed by atoms with E-state index in [2.05, 4.69) is 5.32 Å². The van der Waals surface area contributed by atoms with Crippen molar-refractivity contribution in [3.63, 3.8) is 0 Å². The van der Waals surface area contributed by atoms with E-state index in [1.807, 2.05) is 63.2 Å². The van der Waals surface area contributed by atoms with Crippen LogP contribution in [0.15, 0.2) is 42.5 Å². The van der Waals surface area contributed by atoms with Gasteiger partial charge >= 0.3 is 0 Å². The van der Waals surface area contributed by atoms with Gasteiger partial charge in [0.05, 0.1) is 0 Å². The molecule has 0 heterocycles. The summed E-state index contributed by atoms with van der Waals surface area (Å²) in [6.07, 6.45) is -0.524. The number of rotatable bonds is 5. The third-order valence-corrected chi connectivity index (χ3v) is 3.73. The van der Waals surface area contributed by atoms with E-state index in [9.17, 15) is 4.79 Å². The van der Waals surface area contributed by atoms with E-state index >= 15 is 0 Å². The number of carbonyl (C=O) groups is 1. The van der Waals surface area contributed by atoms with E-state index in [1.54, 1.807) is 6.92 Å². The average Bonchev–Trinajstić information content (AvgIpc) is 2.49. The van der Waals surface area contributed by atoms with Crippen LogP contribution in [0.2, 0.25) is 0 Å². The molecule has 0 fully saturated rings. The maximum atomic E-state index is 12.2. The van der Waals surface area contributed by atoms with Gasteiger partial charge in [0, 0.05) is 6.54 Å². The third kappa shape index (κ3) is 4.10. The minimum atomic E-state index is -0.524. The molecule has 2 aromatic carbocycles. The number of hydrogen-bond acceptors (Lipinski definition) is 2. The molecular formula is C19H23NO2. The molecule has 0 aromatic heterocycles. The van der Waals surface area contributed by atoms with Gasteiger partial charge in [0.2, 0.25) is 0 Å². The molecule has 0 aliphatic rings. The molecule has 3 nitrogen and oxygen atoms in total. The van der Waals surface area contributed by atoms with Crippen LogP contribution in [0, 0.1) is 20.8 Å². The number of amides is 1. The average molecular weight is 297 g/mol. The minimum absolute atomic E-state index is 0.107. The first-order valence-electron chi connectivity index (χ1n) is 7.53. The fourth-order valence-electron chi connectivity index (χ4n) is 2.21. The highest BCUT2D eigenvalue weighted by Gasteiger charge is 2.15. The van der Waals surface area contributed by atoms with Crippen LogP contribution in [0.1, 0.15) is 29.2 Å². The van der Waals surface area contributed by atoms with Crippen LogP contribution in [0.4, 0.5) is 0 Å². The molecule has 1 atom stereocenters. The Bertz CT molecular complexity index is 664. The summed E-state index contributed by atoms with van der Waals surface area (Å²) in [5.74, 6) is 0.655. The van der Waals surface area contributed by atoms with Gasteiger partial charge < -0.3 is 10.1 Å². The summed E-state index contributed by atoms with van der Waals surface area (Å²) < 4.78 is 5.79. The molecule has 0 unspecified atom stereocenters.